The third-order valence-electron chi connectivity index (χ3n) is 5.93. The highest BCUT2D eigenvalue weighted by Crippen LogP contribution is 2.44. The Bertz CT molecular complexity index is 1150. The Morgan fingerprint density at radius 2 is 2.00 bits per heavy atom. The molecule has 1 saturated carbocycles. The van der Waals surface area contributed by atoms with Crippen molar-refractivity contribution in [2.24, 2.45) is 0 Å². The molecule has 33 heavy (non-hydrogen) atoms. The molecule has 2 aliphatic heterocycles. The van der Waals surface area contributed by atoms with Crippen molar-refractivity contribution < 1.29 is 15.7 Å². The molecule has 1 aromatic heterocycles. The van der Waals surface area contributed by atoms with Gasteiger partial charge in [0, 0.05) is 24.3 Å². The van der Waals surface area contributed by atoms with Crippen LogP contribution in [-0.4, -0.2) is 51.4 Å². The van der Waals surface area contributed by atoms with Crippen LogP contribution in [0.4, 0.5) is 21.1 Å². The summed E-state index contributed by atoms with van der Waals surface area (Å²) in [6.07, 6.45) is 5.35. The van der Waals surface area contributed by atoms with Crippen LogP contribution in [0.15, 0.2) is 35.6 Å². The standard InChI is InChI=1S/C24H29N5O3S/c1-24(2,3)32-23(31)27-12-11-19(17-7-5-6-8-18(17)27)28-14-15-13-25-21(33-4)26-20(15)29(22(28)30)16-9-10-16/h5-8,13,16,19H,9-12,14H2,1-4H3/i19D. The minimum absolute atomic E-state index is 0.0966. The Balaban J connectivity index is 1.54. The lowest BCUT2D eigenvalue weighted by Crippen LogP contribution is -2.52. The molecule has 0 radical (unpaired) electrons. The minimum atomic E-state index is -1.34. The van der Waals surface area contributed by atoms with Crippen LogP contribution in [-0.2, 0) is 11.3 Å². The summed E-state index contributed by atoms with van der Waals surface area (Å²) in [4.78, 5) is 40.8. The number of thioether (sulfide) groups is 1. The molecule has 9 heteroatoms. The second kappa shape index (κ2) is 8.20. The second-order valence-electron chi connectivity index (χ2n) is 9.52. The number of hydrogen-bond acceptors (Lipinski definition) is 6. The van der Waals surface area contributed by atoms with Gasteiger partial charge in [-0.05, 0) is 57.9 Å². The number of anilines is 2. The number of rotatable bonds is 3. The lowest BCUT2D eigenvalue weighted by molar-refractivity contribution is 0.0572. The maximum atomic E-state index is 13.8. The third-order valence-corrected chi connectivity index (χ3v) is 6.49. The average Bonchev–Trinajstić information content (AvgIpc) is 3.62. The number of hydrogen-bond donors (Lipinski definition) is 0. The van der Waals surface area contributed by atoms with Crippen LogP contribution >= 0.6 is 11.8 Å². The van der Waals surface area contributed by atoms with E-state index in [1.165, 1.54) is 11.8 Å². The molecule has 1 fully saturated rings. The number of fused-ring (bicyclic) bond motifs is 2. The van der Waals surface area contributed by atoms with Crippen molar-refractivity contribution in [1.82, 2.24) is 14.9 Å². The van der Waals surface area contributed by atoms with E-state index < -0.39 is 17.7 Å². The van der Waals surface area contributed by atoms with Crippen molar-refractivity contribution in [2.75, 3.05) is 22.6 Å². The van der Waals surface area contributed by atoms with E-state index in [1.54, 1.807) is 20.9 Å². The maximum absolute atomic E-state index is 13.8. The second-order valence-corrected chi connectivity index (χ2v) is 10.3. The molecule has 1 aromatic carbocycles. The molecular formula is C24H29N5O3S. The van der Waals surface area contributed by atoms with Gasteiger partial charge in [0.2, 0.25) is 0 Å². The van der Waals surface area contributed by atoms with Crippen molar-refractivity contribution >= 4 is 35.4 Å². The predicted molar refractivity (Wildman–Crippen MR) is 128 cm³/mol. The molecule has 2 aromatic rings. The van der Waals surface area contributed by atoms with E-state index in [4.69, 9.17) is 4.74 Å². The highest BCUT2D eigenvalue weighted by molar-refractivity contribution is 7.98. The Labute approximate surface area is 199 Å². The zero-order valence-corrected chi connectivity index (χ0v) is 20.2. The molecule has 0 N–H and O–H groups in total. The van der Waals surface area contributed by atoms with Crippen LogP contribution in [0.5, 0.6) is 0 Å². The van der Waals surface area contributed by atoms with Crippen molar-refractivity contribution in [3.63, 3.8) is 0 Å². The van der Waals surface area contributed by atoms with Gasteiger partial charge in [0.05, 0.1) is 19.6 Å². The van der Waals surface area contributed by atoms with Gasteiger partial charge in [-0.25, -0.2) is 19.6 Å². The summed E-state index contributed by atoms with van der Waals surface area (Å²) in [5, 5.41) is 0.627. The number of carbonyl (C=O) groups is 2. The van der Waals surface area contributed by atoms with E-state index in [1.807, 2.05) is 51.3 Å². The number of para-hydroxylation sites is 1. The predicted octanol–water partition coefficient (Wildman–Crippen LogP) is 4.99. The van der Waals surface area contributed by atoms with Crippen molar-refractivity contribution in [2.45, 2.75) is 69.4 Å². The molecule has 0 saturated heterocycles. The summed E-state index contributed by atoms with van der Waals surface area (Å²) in [5.41, 5.74) is 1.42. The molecule has 8 nitrogen and oxygen atoms in total. The number of benzene rings is 1. The van der Waals surface area contributed by atoms with Crippen molar-refractivity contribution in [3.8, 4) is 0 Å². The number of nitrogens with zero attached hydrogens (tertiary/aromatic N) is 5. The van der Waals surface area contributed by atoms with E-state index in [2.05, 4.69) is 9.97 Å². The number of carbonyl (C=O) groups excluding carboxylic acids is 2. The first-order valence-corrected chi connectivity index (χ1v) is 12.5. The monoisotopic (exact) mass is 468 g/mol. The fraction of sp³-hybridized carbons (Fsp3) is 0.500. The minimum Gasteiger partial charge on any atom is -0.443 e. The maximum Gasteiger partial charge on any atom is 0.414 e. The fourth-order valence-electron chi connectivity index (χ4n) is 4.34. The summed E-state index contributed by atoms with van der Waals surface area (Å²) in [6, 6.07) is 5.87. The van der Waals surface area contributed by atoms with Gasteiger partial charge in [0.25, 0.3) is 0 Å². The Hall–Kier alpha value is -2.81. The van der Waals surface area contributed by atoms with Crippen LogP contribution in [0.2, 0.25) is 0 Å². The smallest absolute Gasteiger partial charge is 0.414 e. The Morgan fingerprint density at radius 3 is 2.70 bits per heavy atom. The number of ether oxygens (including phenoxy) is 1. The van der Waals surface area contributed by atoms with Gasteiger partial charge in [-0.2, -0.15) is 0 Å². The molecule has 1 aliphatic carbocycles. The molecule has 1 unspecified atom stereocenters. The summed E-state index contributed by atoms with van der Waals surface area (Å²) in [7, 11) is 0. The van der Waals surface area contributed by atoms with Crippen LogP contribution < -0.4 is 9.80 Å². The van der Waals surface area contributed by atoms with Gasteiger partial charge < -0.3 is 9.64 Å². The quantitative estimate of drug-likeness (QED) is 0.466. The molecular weight excluding hydrogens is 438 g/mol. The summed E-state index contributed by atoms with van der Waals surface area (Å²) >= 11 is 1.44. The van der Waals surface area contributed by atoms with Crippen molar-refractivity contribution in [3.05, 3.63) is 41.6 Å². The summed E-state index contributed by atoms with van der Waals surface area (Å²) < 4.78 is 15.2. The third kappa shape index (κ3) is 4.14. The SMILES string of the molecule is [2H]C1(N2Cc3cnc(SC)nc3N(C3CC3)C2=O)CCN(C(=O)OC(C)(C)C)c2ccccc21. The molecule has 5 rings (SSSR count). The van der Waals surface area contributed by atoms with E-state index in [0.717, 1.165) is 18.4 Å². The van der Waals surface area contributed by atoms with Crippen LogP contribution in [0.3, 0.4) is 0 Å². The van der Waals surface area contributed by atoms with Gasteiger partial charge in [0.15, 0.2) is 5.16 Å². The molecule has 3 amide bonds. The Morgan fingerprint density at radius 1 is 1.24 bits per heavy atom. The number of aromatic nitrogens is 2. The molecule has 0 bridgehead atoms. The first-order chi connectivity index (χ1) is 16.1. The zero-order valence-electron chi connectivity index (χ0n) is 20.4. The molecule has 0 spiro atoms. The van der Waals surface area contributed by atoms with E-state index in [0.29, 0.717) is 22.2 Å². The van der Waals surface area contributed by atoms with E-state index in [9.17, 15) is 11.0 Å². The molecule has 174 valence electrons. The van der Waals surface area contributed by atoms with Gasteiger partial charge in [-0.1, -0.05) is 30.0 Å². The van der Waals surface area contributed by atoms with Crippen molar-refractivity contribution in [1.29, 1.82) is 0 Å². The first-order valence-electron chi connectivity index (χ1n) is 11.7. The first kappa shape index (κ1) is 20.8. The van der Waals surface area contributed by atoms with Gasteiger partial charge in [0.1, 0.15) is 11.4 Å². The Kier molecular flexibility index (Phi) is 5.16. The molecule has 3 aliphatic rings. The van der Waals surface area contributed by atoms with Gasteiger partial charge >= 0.3 is 12.1 Å². The van der Waals surface area contributed by atoms with Gasteiger partial charge in [-0.15, -0.1) is 0 Å². The van der Waals surface area contributed by atoms with E-state index >= 15 is 0 Å². The van der Waals surface area contributed by atoms with Gasteiger partial charge in [-0.3, -0.25) is 9.80 Å². The van der Waals surface area contributed by atoms with E-state index in [-0.39, 0.29) is 31.6 Å². The zero-order chi connectivity index (χ0) is 24.3. The molecule has 1 atom stereocenters. The number of urea groups is 1. The highest BCUT2D eigenvalue weighted by atomic mass is 32.2. The average molecular weight is 469 g/mol. The van der Waals surface area contributed by atoms with Crippen LogP contribution in [0.1, 0.15) is 58.5 Å². The summed E-state index contributed by atoms with van der Waals surface area (Å²) in [6.45, 7) is 6.01. The lowest BCUT2D eigenvalue weighted by atomic mass is 9.94. The highest BCUT2D eigenvalue weighted by Gasteiger charge is 2.45. The molecule has 3 heterocycles. The summed E-state index contributed by atoms with van der Waals surface area (Å²) in [5.74, 6) is 0.658. The topological polar surface area (TPSA) is 78.9 Å². The van der Waals surface area contributed by atoms with Crippen LogP contribution in [0, 0.1) is 0 Å². The number of amides is 3. The lowest BCUT2D eigenvalue weighted by Gasteiger charge is -2.44. The fourth-order valence-corrected chi connectivity index (χ4v) is 4.68. The largest absolute Gasteiger partial charge is 0.443 e. The normalized spacial score (nSPS) is 23.1. The van der Waals surface area contributed by atoms with Crippen LogP contribution in [0.25, 0.3) is 0 Å².